The molecule has 9 nitrogen and oxygen atoms in total. The lowest BCUT2D eigenvalue weighted by Gasteiger charge is -2.03. The van der Waals surface area contributed by atoms with Gasteiger partial charge in [-0.05, 0) is 17.4 Å². The summed E-state index contributed by atoms with van der Waals surface area (Å²) >= 11 is 0. The Morgan fingerprint density at radius 2 is 2.00 bits per heavy atom. The van der Waals surface area contributed by atoms with Crippen molar-refractivity contribution in [3.63, 3.8) is 0 Å². The molecule has 0 aliphatic rings. The molecule has 0 spiro atoms. The molecular weight excluding hydrogens is 324 g/mol. The molecule has 0 fully saturated rings. The molecule has 0 aliphatic heterocycles. The highest BCUT2D eigenvalue weighted by molar-refractivity contribution is 5.89. The maximum Gasteiger partial charge on any atom is 0.389 e. The zero-order valence-electron chi connectivity index (χ0n) is 13.5. The lowest BCUT2D eigenvalue weighted by molar-refractivity contribution is -0.389. The molecule has 0 bridgehead atoms. The first kappa shape index (κ1) is 16.4. The largest absolute Gasteiger partial charge is 0.389 e. The summed E-state index contributed by atoms with van der Waals surface area (Å²) in [6, 6.07) is 11.0. The van der Waals surface area contributed by atoms with E-state index < -0.39 is 4.92 Å². The van der Waals surface area contributed by atoms with Crippen LogP contribution in [-0.2, 0) is 17.9 Å². The molecule has 25 heavy (non-hydrogen) atoms. The molecule has 2 heterocycles. The highest BCUT2D eigenvalue weighted by Crippen LogP contribution is 2.09. The van der Waals surface area contributed by atoms with E-state index in [0.29, 0.717) is 12.4 Å². The average Bonchev–Trinajstić information content (AvgIpc) is 3.17. The van der Waals surface area contributed by atoms with Crippen molar-refractivity contribution in [1.82, 2.24) is 19.6 Å². The predicted molar refractivity (Wildman–Crippen MR) is 90.0 cm³/mol. The van der Waals surface area contributed by atoms with Gasteiger partial charge in [-0.3, -0.25) is 9.48 Å². The number of nitrogens with zero attached hydrogens (tertiary/aromatic N) is 5. The van der Waals surface area contributed by atoms with E-state index in [1.807, 2.05) is 25.1 Å². The standard InChI is InChI=1S/C16H16N6O3/c1-12-3-2-4-13(9-12)10-20-7-5-14(18-20)17-16(23)11-21-8-6-15(19-21)22(24)25/h2-9H,10-11H2,1H3,(H,17,18,23). The van der Waals surface area contributed by atoms with E-state index >= 15 is 0 Å². The molecule has 3 rings (SSSR count). The van der Waals surface area contributed by atoms with Gasteiger partial charge in [0.05, 0.1) is 23.9 Å². The van der Waals surface area contributed by atoms with Crippen molar-refractivity contribution in [1.29, 1.82) is 0 Å². The second-order valence-corrected chi connectivity index (χ2v) is 5.56. The Hall–Kier alpha value is -3.49. The van der Waals surface area contributed by atoms with Gasteiger partial charge in [-0.1, -0.05) is 29.8 Å². The van der Waals surface area contributed by atoms with Crippen LogP contribution in [0, 0.1) is 17.0 Å². The molecule has 9 heteroatoms. The third-order valence-electron chi connectivity index (χ3n) is 3.45. The number of amides is 1. The second kappa shape index (κ2) is 6.95. The van der Waals surface area contributed by atoms with E-state index in [9.17, 15) is 14.9 Å². The van der Waals surface area contributed by atoms with Crippen molar-refractivity contribution in [2.45, 2.75) is 20.0 Å². The number of hydrogen-bond donors (Lipinski definition) is 1. The van der Waals surface area contributed by atoms with Gasteiger partial charge in [0.2, 0.25) is 5.91 Å². The molecule has 0 saturated heterocycles. The Morgan fingerprint density at radius 1 is 1.20 bits per heavy atom. The lowest BCUT2D eigenvalue weighted by Crippen LogP contribution is -2.19. The third kappa shape index (κ3) is 4.28. The fourth-order valence-corrected chi connectivity index (χ4v) is 2.38. The average molecular weight is 340 g/mol. The van der Waals surface area contributed by atoms with Gasteiger partial charge in [-0.15, -0.1) is 0 Å². The molecule has 0 atom stereocenters. The van der Waals surface area contributed by atoms with Crippen molar-refractivity contribution in [2.24, 2.45) is 0 Å². The summed E-state index contributed by atoms with van der Waals surface area (Å²) in [5, 5.41) is 21.2. The van der Waals surface area contributed by atoms with E-state index in [2.05, 4.69) is 21.6 Å². The van der Waals surface area contributed by atoms with Crippen LogP contribution in [0.15, 0.2) is 48.8 Å². The summed E-state index contributed by atoms with van der Waals surface area (Å²) in [5.74, 6) is -0.242. The number of benzene rings is 1. The van der Waals surface area contributed by atoms with Gasteiger partial charge in [-0.25, -0.2) is 0 Å². The SMILES string of the molecule is Cc1cccc(Cn2ccc(NC(=O)Cn3ccc([N+](=O)[O-])n3)n2)c1. The number of hydrogen-bond acceptors (Lipinski definition) is 5. The lowest BCUT2D eigenvalue weighted by atomic mass is 10.1. The second-order valence-electron chi connectivity index (χ2n) is 5.56. The minimum atomic E-state index is -0.610. The fraction of sp³-hybridized carbons (Fsp3) is 0.188. The van der Waals surface area contributed by atoms with Gasteiger partial charge in [-0.2, -0.15) is 9.78 Å². The molecule has 128 valence electrons. The van der Waals surface area contributed by atoms with Crippen molar-refractivity contribution in [3.05, 3.63) is 70.0 Å². The van der Waals surface area contributed by atoms with Gasteiger partial charge >= 0.3 is 5.82 Å². The van der Waals surface area contributed by atoms with Gasteiger partial charge < -0.3 is 15.4 Å². The number of nitrogens with one attached hydrogen (secondary N) is 1. The fourth-order valence-electron chi connectivity index (χ4n) is 2.38. The molecule has 0 aliphatic carbocycles. The van der Waals surface area contributed by atoms with Crippen LogP contribution >= 0.6 is 0 Å². The first-order valence-corrected chi connectivity index (χ1v) is 7.56. The molecule has 1 aromatic carbocycles. The van der Waals surface area contributed by atoms with Crippen molar-refractivity contribution >= 4 is 17.5 Å². The Bertz CT molecular complexity index is 914. The van der Waals surface area contributed by atoms with Crippen LogP contribution in [0.1, 0.15) is 11.1 Å². The van der Waals surface area contributed by atoms with E-state index in [1.165, 1.54) is 22.5 Å². The predicted octanol–water partition coefficient (Wildman–Crippen LogP) is 1.98. The van der Waals surface area contributed by atoms with Crippen molar-refractivity contribution < 1.29 is 9.72 Å². The molecule has 0 radical (unpaired) electrons. The number of anilines is 1. The van der Waals surface area contributed by atoms with Crippen LogP contribution in [-0.4, -0.2) is 30.4 Å². The summed E-state index contributed by atoms with van der Waals surface area (Å²) in [6.07, 6.45) is 3.16. The number of carbonyl (C=O) groups is 1. The summed E-state index contributed by atoms with van der Waals surface area (Å²) in [4.78, 5) is 22.0. The molecule has 3 aromatic rings. The van der Waals surface area contributed by atoms with E-state index in [0.717, 1.165) is 5.56 Å². The molecule has 2 aromatic heterocycles. The topological polar surface area (TPSA) is 108 Å². The number of nitro groups is 1. The molecular formula is C16H16N6O3. The number of rotatable bonds is 6. The van der Waals surface area contributed by atoms with Crippen LogP contribution in [0.4, 0.5) is 11.6 Å². The van der Waals surface area contributed by atoms with Gasteiger partial charge in [0.25, 0.3) is 0 Å². The summed E-state index contributed by atoms with van der Waals surface area (Å²) in [7, 11) is 0. The smallest absolute Gasteiger partial charge is 0.358 e. The summed E-state index contributed by atoms with van der Waals surface area (Å²) in [5.41, 5.74) is 2.29. The first-order chi connectivity index (χ1) is 12.0. The first-order valence-electron chi connectivity index (χ1n) is 7.56. The highest BCUT2D eigenvalue weighted by Gasteiger charge is 2.14. The maximum absolute atomic E-state index is 12.0. The van der Waals surface area contributed by atoms with Crippen molar-refractivity contribution in [3.8, 4) is 0 Å². The summed E-state index contributed by atoms with van der Waals surface area (Å²) in [6.45, 7) is 2.50. The molecule has 0 saturated carbocycles. The van der Waals surface area contributed by atoms with Crippen LogP contribution in [0.3, 0.4) is 0 Å². The summed E-state index contributed by atoms with van der Waals surface area (Å²) < 4.78 is 2.93. The number of aromatic nitrogens is 4. The van der Waals surface area contributed by atoms with Gasteiger partial charge in [0, 0.05) is 12.3 Å². The number of carbonyl (C=O) groups excluding carboxylic acids is 1. The van der Waals surface area contributed by atoms with E-state index in [4.69, 9.17) is 0 Å². The Kier molecular flexibility index (Phi) is 4.55. The zero-order chi connectivity index (χ0) is 17.8. The molecule has 1 amide bonds. The quantitative estimate of drug-likeness (QED) is 0.545. The van der Waals surface area contributed by atoms with Crippen LogP contribution < -0.4 is 5.32 Å². The maximum atomic E-state index is 12.0. The molecule has 1 N–H and O–H groups in total. The minimum absolute atomic E-state index is 0.126. The third-order valence-corrected chi connectivity index (χ3v) is 3.45. The van der Waals surface area contributed by atoms with Crippen LogP contribution in [0.25, 0.3) is 0 Å². The zero-order valence-corrected chi connectivity index (χ0v) is 13.5. The number of aryl methyl sites for hydroxylation is 1. The van der Waals surface area contributed by atoms with E-state index in [1.54, 1.807) is 16.9 Å². The van der Waals surface area contributed by atoms with Crippen LogP contribution in [0.5, 0.6) is 0 Å². The normalized spacial score (nSPS) is 10.6. The highest BCUT2D eigenvalue weighted by atomic mass is 16.6. The van der Waals surface area contributed by atoms with Gasteiger partial charge in [0.15, 0.2) is 5.82 Å². The molecule has 0 unspecified atom stereocenters. The Balaban J connectivity index is 1.58. The Morgan fingerprint density at radius 3 is 2.72 bits per heavy atom. The monoisotopic (exact) mass is 340 g/mol. The van der Waals surface area contributed by atoms with Crippen molar-refractivity contribution in [2.75, 3.05) is 5.32 Å². The van der Waals surface area contributed by atoms with Crippen LogP contribution in [0.2, 0.25) is 0 Å². The Labute approximate surface area is 143 Å². The minimum Gasteiger partial charge on any atom is -0.358 e. The van der Waals surface area contributed by atoms with E-state index in [-0.39, 0.29) is 18.3 Å². The van der Waals surface area contributed by atoms with Gasteiger partial charge in [0.1, 0.15) is 6.54 Å².